The Balaban J connectivity index is 1.37. The number of para-hydroxylation sites is 1. The van der Waals surface area contributed by atoms with Crippen LogP contribution in [0.3, 0.4) is 0 Å². The van der Waals surface area contributed by atoms with Crippen LogP contribution in [0.25, 0.3) is 16.6 Å². The zero-order chi connectivity index (χ0) is 34.7. The average Bonchev–Trinajstić information content (AvgIpc) is 3.85. The quantitative estimate of drug-likeness (QED) is 0.199. The van der Waals surface area contributed by atoms with Crippen molar-refractivity contribution in [3.63, 3.8) is 0 Å². The van der Waals surface area contributed by atoms with Crippen molar-refractivity contribution in [2.45, 2.75) is 62.6 Å². The van der Waals surface area contributed by atoms with E-state index < -0.39 is 19.8 Å². The molecule has 4 aromatic rings. The van der Waals surface area contributed by atoms with Gasteiger partial charge < -0.3 is 24.4 Å². The molecule has 0 radical (unpaired) electrons. The molecule has 10 nitrogen and oxygen atoms in total. The highest BCUT2D eigenvalue weighted by atomic mass is 28.3. The minimum atomic E-state index is -2.49. The molecule has 2 fully saturated rings. The number of carbonyl (C=O) groups is 2. The molecule has 7 rings (SSSR count). The number of rotatable bonds is 9. The van der Waals surface area contributed by atoms with Crippen LogP contribution in [0.2, 0.25) is 18.6 Å². The predicted octanol–water partition coefficient (Wildman–Crippen LogP) is 4.45. The molecule has 0 bridgehead atoms. The van der Waals surface area contributed by atoms with Crippen LogP contribution < -0.4 is 20.4 Å². The zero-order valence-electron chi connectivity index (χ0n) is 28.5. The van der Waals surface area contributed by atoms with E-state index in [0.717, 1.165) is 18.6 Å². The van der Waals surface area contributed by atoms with Crippen molar-refractivity contribution in [3.05, 3.63) is 95.3 Å². The topological polar surface area (TPSA) is 117 Å². The molecule has 256 valence electrons. The molecule has 49 heavy (non-hydrogen) atoms. The molecule has 1 spiro atoms. The van der Waals surface area contributed by atoms with Crippen molar-refractivity contribution in [1.29, 1.82) is 0 Å². The van der Waals surface area contributed by atoms with Gasteiger partial charge in [0, 0.05) is 24.6 Å². The lowest BCUT2D eigenvalue weighted by Crippen LogP contribution is -2.52. The number of methoxy groups -OCH3 is 1. The van der Waals surface area contributed by atoms with Gasteiger partial charge in [0.1, 0.15) is 5.75 Å². The lowest BCUT2D eigenvalue weighted by atomic mass is 9.82. The lowest BCUT2D eigenvalue weighted by molar-refractivity contribution is -0.149. The second-order valence-corrected chi connectivity index (χ2v) is 18.8. The van der Waals surface area contributed by atoms with Crippen molar-refractivity contribution in [1.82, 2.24) is 14.7 Å². The van der Waals surface area contributed by atoms with Gasteiger partial charge in [0.15, 0.2) is 5.60 Å². The van der Waals surface area contributed by atoms with Gasteiger partial charge in [-0.25, -0.2) is 4.68 Å². The third-order valence-corrected chi connectivity index (χ3v) is 15.6. The first kappa shape index (κ1) is 33.1. The number of amides is 2. The number of fused-ring (bicyclic) bond motifs is 3. The van der Waals surface area contributed by atoms with Crippen LogP contribution in [0.5, 0.6) is 5.75 Å². The molecule has 11 heteroatoms. The Hall–Kier alpha value is -4.45. The van der Waals surface area contributed by atoms with E-state index in [-0.39, 0.29) is 54.4 Å². The minimum Gasteiger partial charge on any atom is -0.497 e. The highest BCUT2D eigenvalue weighted by Gasteiger charge is 2.66. The summed E-state index contributed by atoms with van der Waals surface area (Å²) in [6.07, 6.45) is 2.85. The highest BCUT2D eigenvalue weighted by Crippen LogP contribution is 2.60. The van der Waals surface area contributed by atoms with Gasteiger partial charge in [-0.1, -0.05) is 55.5 Å². The molecule has 2 N–H and O–H groups in total. The number of hydrogen-bond donors (Lipinski definition) is 2. The summed E-state index contributed by atoms with van der Waals surface area (Å²) in [6.45, 7) is 11.4. The van der Waals surface area contributed by atoms with Crippen LogP contribution in [0, 0.1) is 5.92 Å². The average molecular weight is 681 g/mol. The van der Waals surface area contributed by atoms with E-state index in [4.69, 9.17) is 9.47 Å². The summed E-state index contributed by atoms with van der Waals surface area (Å²) in [5.74, 6) is 0.181. The van der Waals surface area contributed by atoms with Gasteiger partial charge in [-0.2, -0.15) is 0 Å². The molecule has 5 atom stereocenters. The maximum Gasteiger partial charge on any atom is 0.279 e. The van der Waals surface area contributed by atoms with Gasteiger partial charge in [-0.15, -0.1) is 6.58 Å². The Morgan fingerprint density at radius 3 is 2.59 bits per heavy atom. The number of nitrogens with zero attached hydrogens (tertiary/aromatic N) is 3. The van der Waals surface area contributed by atoms with Crippen molar-refractivity contribution in [3.8, 4) is 11.4 Å². The van der Waals surface area contributed by atoms with Gasteiger partial charge in [0.25, 0.3) is 11.5 Å². The lowest BCUT2D eigenvalue weighted by Gasteiger charge is -2.37. The number of ether oxygens (including phenoxy) is 2. The monoisotopic (exact) mass is 680 g/mol. The van der Waals surface area contributed by atoms with Crippen LogP contribution >= 0.6 is 0 Å². The Kier molecular flexibility index (Phi) is 8.41. The Morgan fingerprint density at radius 2 is 1.90 bits per heavy atom. The number of carbonyl (C=O) groups excluding carboxylic acids is 2. The van der Waals surface area contributed by atoms with Crippen LogP contribution in [0.15, 0.2) is 84.2 Å². The molecule has 0 aliphatic carbocycles. The number of aromatic amines is 1. The molecule has 3 aliphatic heterocycles. The van der Waals surface area contributed by atoms with Gasteiger partial charge in [-0.05, 0) is 60.8 Å². The van der Waals surface area contributed by atoms with Gasteiger partial charge >= 0.3 is 0 Å². The highest BCUT2D eigenvalue weighted by molar-refractivity contribution is 6.91. The normalized spacial score (nSPS) is 25.0. The first-order chi connectivity index (χ1) is 23.6. The van der Waals surface area contributed by atoms with E-state index in [1.54, 1.807) is 29.1 Å². The summed E-state index contributed by atoms with van der Waals surface area (Å²) >= 11 is 0. The maximum absolute atomic E-state index is 14.9. The number of hydrogen-bond acceptors (Lipinski definition) is 6. The zero-order valence-corrected chi connectivity index (χ0v) is 29.5. The number of aliphatic hydroxyl groups is 1. The maximum atomic E-state index is 14.9. The van der Waals surface area contributed by atoms with Crippen molar-refractivity contribution in [2.24, 2.45) is 5.92 Å². The van der Waals surface area contributed by atoms with E-state index in [1.165, 1.54) is 9.87 Å². The number of H-pyrrole nitrogens is 1. The van der Waals surface area contributed by atoms with Gasteiger partial charge in [0.2, 0.25) is 5.91 Å². The molecule has 2 saturated heterocycles. The summed E-state index contributed by atoms with van der Waals surface area (Å²) in [5, 5.41) is 15.0. The Morgan fingerprint density at radius 1 is 1.14 bits per heavy atom. The minimum absolute atomic E-state index is 0.0673. The van der Waals surface area contributed by atoms with Gasteiger partial charge in [0.05, 0.1) is 62.6 Å². The molecule has 0 unspecified atom stereocenters. The van der Waals surface area contributed by atoms with Crippen molar-refractivity contribution in [2.75, 3.05) is 31.7 Å². The largest absolute Gasteiger partial charge is 0.497 e. The Labute approximate surface area is 286 Å². The molecular formula is C38H44N4O6Si. The van der Waals surface area contributed by atoms with Crippen molar-refractivity contribution >= 4 is 41.7 Å². The summed E-state index contributed by atoms with van der Waals surface area (Å²) in [4.78, 5) is 45.9. The fourth-order valence-corrected chi connectivity index (χ4v) is 12.8. The van der Waals surface area contributed by atoms with E-state index in [9.17, 15) is 19.5 Å². The number of nitrogens with one attached hydrogen (secondary N) is 1. The van der Waals surface area contributed by atoms with Crippen molar-refractivity contribution < 1.29 is 24.2 Å². The second kappa shape index (κ2) is 12.5. The molecular weight excluding hydrogens is 637 g/mol. The van der Waals surface area contributed by atoms with Crippen LogP contribution in [0.4, 0.5) is 5.69 Å². The fourth-order valence-electron chi connectivity index (χ4n) is 8.83. The van der Waals surface area contributed by atoms with E-state index in [2.05, 4.69) is 43.8 Å². The number of aromatic nitrogens is 2. The second-order valence-electron chi connectivity index (χ2n) is 14.1. The summed E-state index contributed by atoms with van der Waals surface area (Å²) in [7, 11) is -0.843. The van der Waals surface area contributed by atoms with E-state index in [1.807, 2.05) is 48.5 Å². The smallest absolute Gasteiger partial charge is 0.279 e. The van der Waals surface area contributed by atoms with E-state index in [0.29, 0.717) is 34.4 Å². The molecule has 4 heterocycles. The SMILES string of the molecule is C=CCN1C(=O)[C@]2(O[C@H](CC(=O)N3CCC[C@H]3CO)[C@@H]([Si](C)(C)c3ccc(OC)cc3)[C@@H]2C)c2cc(-n3[nH]c4ccccc4c3=O)ccc21. The summed E-state index contributed by atoms with van der Waals surface area (Å²) < 4.78 is 14.1. The summed E-state index contributed by atoms with van der Waals surface area (Å²) in [5.41, 5.74) is 0.983. The number of benzene rings is 3. The first-order valence-corrected chi connectivity index (χ1v) is 20.1. The van der Waals surface area contributed by atoms with Crippen LogP contribution in [-0.4, -0.2) is 78.6 Å². The summed E-state index contributed by atoms with van der Waals surface area (Å²) in [6, 6.07) is 20.9. The molecule has 3 aliphatic rings. The predicted molar refractivity (Wildman–Crippen MR) is 192 cm³/mol. The van der Waals surface area contributed by atoms with Gasteiger partial charge in [-0.3, -0.25) is 19.5 Å². The van der Waals surface area contributed by atoms with Crippen LogP contribution in [-0.2, 0) is 19.9 Å². The fraction of sp³-hybridized carbons (Fsp3) is 0.395. The Bertz CT molecular complexity index is 1990. The molecule has 3 aromatic carbocycles. The van der Waals surface area contributed by atoms with E-state index >= 15 is 0 Å². The number of likely N-dealkylation sites (tertiary alicyclic amines) is 1. The van der Waals surface area contributed by atoms with Crippen LogP contribution in [0.1, 0.15) is 31.7 Å². The number of anilines is 1. The number of aliphatic hydroxyl groups excluding tert-OH is 1. The molecule has 0 saturated carbocycles. The third kappa shape index (κ3) is 5.09. The molecule has 2 amide bonds. The standard InChI is InChI=1S/C38H44N4O6Si/c1-6-19-41-32-18-13-25(42-36(45)29-11-7-8-12-31(29)39-42)21-30(32)38(37(41)46)24(2)35(49(4,5)28-16-14-27(47-3)15-17-28)33(48-38)22-34(44)40-20-9-10-26(40)23-43/h6-8,11-18,21,24,26,33,35,39,43H,1,9-10,19-20,22-23H2,2-5H3/t24-,26-,33+,35-,38+/m0/s1. The molecule has 1 aromatic heterocycles. The third-order valence-electron chi connectivity index (χ3n) is 11.3. The first-order valence-electron chi connectivity index (χ1n) is 17.1.